The Balaban J connectivity index is 1.42. The minimum atomic E-state index is -0.0355. The van der Waals surface area contributed by atoms with Crippen LogP contribution in [0.15, 0.2) is 48.5 Å². The molecule has 4 rings (SSSR count). The van der Waals surface area contributed by atoms with Crippen LogP contribution >= 0.6 is 0 Å². The summed E-state index contributed by atoms with van der Waals surface area (Å²) in [6.45, 7) is 2.68. The zero-order chi connectivity index (χ0) is 18.6. The van der Waals surface area contributed by atoms with Crippen LogP contribution in [0.1, 0.15) is 48.6 Å². The first kappa shape index (κ1) is 17.8. The second-order valence-electron chi connectivity index (χ2n) is 7.63. The Morgan fingerprint density at radius 2 is 1.93 bits per heavy atom. The minimum Gasteiger partial charge on any atom is -0.355 e. The normalized spacial score (nSPS) is 15.9. The topological polar surface area (TPSA) is 57.8 Å². The lowest BCUT2D eigenvalue weighted by molar-refractivity contribution is -0.123. The molecule has 2 N–H and O–H groups in total. The standard InChI is InChI=1S/C23H27N3O/c1-16-8-7-13-19-22(16)26-20(25-19)14-15-24-23(27)21(18-11-5-6-12-18)17-9-3-2-4-10-17/h2-4,7-10,13,18,21H,5-6,11-12,14-15H2,1H3,(H,24,27)(H,25,26)/t21-/m0/s1. The van der Waals surface area contributed by atoms with E-state index in [-0.39, 0.29) is 11.8 Å². The average Bonchev–Trinajstić information content (AvgIpc) is 3.33. The number of carbonyl (C=O) groups excluding carboxylic acids is 1. The summed E-state index contributed by atoms with van der Waals surface area (Å²) in [5.74, 6) is 1.50. The number of para-hydroxylation sites is 1. The van der Waals surface area contributed by atoms with Gasteiger partial charge in [-0.3, -0.25) is 4.79 Å². The van der Waals surface area contributed by atoms with Gasteiger partial charge in [0.1, 0.15) is 5.82 Å². The molecule has 4 heteroatoms. The van der Waals surface area contributed by atoms with Gasteiger partial charge >= 0.3 is 0 Å². The molecule has 1 atom stereocenters. The average molecular weight is 361 g/mol. The number of fused-ring (bicyclic) bond motifs is 1. The number of hydrogen-bond donors (Lipinski definition) is 2. The summed E-state index contributed by atoms with van der Waals surface area (Å²) in [6, 6.07) is 16.4. The zero-order valence-electron chi connectivity index (χ0n) is 15.9. The highest BCUT2D eigenvalue weighted by atomic mass is 16.1. The van der Waals surface area contributed by atoms with Gasteiger partial charge in [-0.25, -0.2) is 4.98 Å². The highest BCUT2D eigenvalue weighted by molar-refractivity contribution is 5.84. The second kappa shape index (κ2) is 7.95. The van der Waals surface area contributed by atoms with Gasteiger partial charge in [0.25, 0.3) is 0 Å². The number of amides is 1. The Hall–Kier alpha value is -2.62. The maximum atomic E-state index is 13.0. The number of aromatic amines is 1. The maximum Gasteiger partial charge on any atom is 0.227 e. The largest absolute Gasteiger partial charge is 0.355 e. The summed E-state index contributed by atoms with van der Waals surface area (Å²) >= 11 is 0. The van der Waals surface area contributed by atoms with Gasteiger partial charge in [-0.2, -0.15) is 0 Å². The molecule has 0 saturated heterocycles. The van der Waals surface area contributed by atoms with Crippen molar-refractivity contribution in [3.05, 3.63) is 65.5 Å². The van der Waals surface area contributed by atoms with E-state index in [1.165, 1.54) is 18.4 Å². The van der Waals surface area contributed by atoms with E-state index in [0.717, 1.165) is 35.3 Å². The van der Waals surface area contributed by atoms with Gasteiger partial charge in [-0.05, 0) is 42.9 Å². The number of benzene rings is 2. The lowest BCUT2D eigenvalue weighted by Gasteiger charge is -2.23. The fourth-order valence-electron chi connectivity index (χ4n) is 4.35. The van der Waals surface area contributed by atoms with Gasteiger partial charge in [0.15, 0.2) is 0 Å². The van der Waals surface area contributed by atoms with Gasteiger partial charge in [0, 0.05) is 13.0 Å². The lowest BCUT2D eigenvalue weighted by atomic mass is 9.84. The summed E-state index contributed by atoms with van der Waals surface area (Å²) in [7, 11) is 0. The molecular formula is C23H27N3O. The molecule has 1 aromatic heterocycles. The first-order chi connectivity index (χ1) is 13.2. The number of carbonyl (C=O) groups is 1. The Labute approximate surface area is 160 Å². The van der Waals surface area contributed by atoms with Crippen LogP contribution in [-0.4, -0.2) is 22.4 Å². The molecule has 0 aliphatic heterocycles. The Morgan fingerprint density at radius 1 is 1.15 bits per heavy atom. The molecule has 1 saturated carbocycles. The number of rotatable bonds is 6. The van der Waals surface area contributed by atoms with Crippen LogP contribution in [0.4, 0.5) is 0 Å². The molecule has 3 aromatic rings. The molecule has 2 aromatic carbocycles. The molecule has 140 valence electrons. The highest BCUT2D eigenvalue weighted by Gasteiger charge is 2.31. The Morgan fingerprint density at radius 3 is 2.67 bits per heavy atom. The van der Waals surface area contributed by atoms with Crippen LogP contribution < -0.4 is 5.32 Å². The fourth-order valence-corrected chi connectivity index (χ4v) is 4.35. The predicted molar refractivity (Wildman–Crippen MR) is 109 cm³/mol. The molecule has 0 spiro atoms. The van der Waals surface area contributed by atoms with E-state index in [9.17, 15) is 4.79 Å². The number of aryl methyl sites for hydroxylation is 1. The van der Waals surface area contributed by atoms with E-state index in [1.807, 2.05) is 30.3 Å². The van der Waals surface area contributed by atoms with Crippen molar-refractivity contribution in [2.24, 2.45) is 5.92 Å². The van der Waals surface area contributed by atoms with E-state index in [2.05, 4.69) is 40.4 Å². The minimum absolute atomic E-state index is 0.0355. The highest BCUT2D eigenvalue weighted by Crippen LogP contribution is 2.37. The summed E-state index contributed by atoms with van der Waals surface area (Å²) in [5.41, 5.74) is 4.39. The number of hydrogen-bond acceptors (Lipinski definition) is 2. The third-order valence-corrected chi connectivity index (χ3v) is 5.74. The van der Waals surface area contributed by atoms with E-state index in [1.54, 1.807) is 0 Å². The molecule has 4 nitrogen and oxygen atoms in total. The van der Waals surface area contributed by atoms with E-state index in [0.29, 0.717) is 18.9 Å². The van der Waals surface area contributed by atoms with E-state index >= 15 is 0 Å². The zero-order valence-corrected chi connectivity index (χ0v) is 15.9. The van der Waals surface area contributed by atoms with Crippen LogP contribution in [0.5, 0.6) is 0 Å². The first-order valence-corrected chi connectivity index (χ1v) is 9.99. The summed E-state index contributed by atoms with van der Waals surface area (Å²) in [6.07, 6.45) is 5.48. The number of aromatic nitrogens is 2. The Bertz CT molecular complexity index is 910. The SMILES string of the molecule is Cc1cccc2[nH]c(CCNC(=O)[C@@H](c3ccccc3)C3CCCC3)nc12. The molecule has 1 heterocycles. The van der Waals surface area contributed by atoms with Gasteiger partial charge in [-0.1, -0.05) is 55.3 Å². The number of nitrogens with one attached hydrogen (secondary N) is 2. The van der Waals surface area contributed by atoms with Gasteiger partial charge in [0.05, 0.1) is 17.0 Å². The van der Waals surface area contributed by atoms with Crippen LogP contribution in [0.3, 0.4) is 0 Å². The third kappa shape index (κ3) is 3.90. The quantitative estimate of drug-likeness (QED) is 0.679. The molecule has 27 heavy (non-hydrogen) atoms. The smallest absolute Gasteiger partial charge is 0.227 e. The monoisotopic (exact) mass is 361 g/mol. The van der Waals surface area contributed by atoms with Crippen LogP contribution in [0.2, 0.25) is 0 Å². The van der Waals surface area contributed by atoms with Crippen LogP contribution in [0.25, 0.3) is 11.0 Å². The van der Waals surface area contributed by atoms with Crippen molar-refractivity contribution in [1.82, 2.24) is 15.3 Å². The first-order valence-electron chi connectivity index (χ1n) is 9.99. The number of imidazole rings is 1. The molecular weight excluding hydrogens is 334 g/mol. The summed E-state index contributed by atoms with van der Waals surface area (Å²) in [5, 5.41) is 3.17. The van der Waals surface area contributed by atoms with Gasteiger partial charge < -0.3 is 10.3 Å². The van der Waals surface area contributed by atoms with Crippen molar-refractivity contribution in [1.29, 1.82) is 0 Å². The number of H-pyrrole nitrogens is 1. The van der Waals surface area contributed by atoms with Crippen molar-refractivity contribution in [2.45, 2.75) is 44.9 Å². The van der Waals surface area contributed by atoms with E-state index in [4.69, 9.17) is 0 Å². The summed E-state index contributed by atoms with van der Waals surface area (Å²) in [4.78, 5) is 21.1. The lowest BCUT2D eigenvalue weighted by Crippen LogP contribution is -2.34. The number of nitrogens with zero attached hydrogens (tertiary/aromatic N) is 1. The molecule has 1 amide bonds. The fraction of sp³-hybridized carbons (Fsp3) is 0.391. The van der Waals surface area contributed by atoms with E-state index < -0.39 is 0 Å². The van der Waals surface area contributed by atoms with Gasteiger partial charge in [-0.15, -0.1) is 0 Å². The second-order valence-corrected chi connectivity index (χ2v) is 7.63. The van der Waals surface area contributed by atoms with Crippen molar-refractivity contribution in [3.63, 3.8) is 0 Å². The molecule has 1 fully saturated rings. The van der Waals surface area contributed by atoms with Crippen molar-refractivity contribution >= 4 is 16.9 Å². The molecule has 0 bridgehead atoms. The Kier molecular flexibility index (Phi) is 5.23. The maximum absolute atomic E-state index is 13.0. The van der Waals surface area contributed by atoms with Crippen molar-refractivity contribution < 1.29 is 4.79 Å². The molecule has 0 radical (unpaired) electrons. The van der Waals surface area contributed by atoms with Crippen molar-refractivity contribution in [3.8, 4) is 0 Å². The molecule has 1 aliphatic carbocycles. The third-order valence-electron chi connectivity index (χ3n) is 5.74. The predicted octanol–water partition coefficient (Wildman–Crippen LogP) is 4.50. The van der Waals surface area contributed by atoms with Crippen LogP contribution in [-0.2, 0) is 11.2 Å². The van der Waals surface area contributed by atoms with Crippen LogP contribution in [0, 0.1) is 12.8 Å². The van der Waals surface area contributed by atoms with Crippen molar-refractivity contribution in [2.75, 3.05) is 6.54 Å². The van der Waals surface area contributed by atoms with Gasteiger partial charge in [0.2, 0.25) is 5.91 Å². The molecule has 1 aliphatic rings. The molecule has 0 unspecified atom stereocenters. The summed E-state index contributed by atoms with van der Waals surface area (Å²) < 4.78 is 0.